The molecule has 0 saturated carbocycles. The molecule has 0 aliphatic heterocycles. The van der Waals surface area contributed by atoms with Crippen LogP contribution in [0.15, 0.2) is 0 Å². The van der Waals surface area contributed by atoms with Gasteiger partial charge in [-0.1, -0.05) is 5.79 Å². The number of hydrogen-bond donors (Lipinski definition) is 0. The van der Waals surface area contributed by atoms with E-state index in [-0.39, 0.29) is 0 Å². The smallest absolute Gasteiger partial charge is 0.360 e. The molecule has 0 unspecified atom stereocenters. The summed E-state index contributed by atoms with van der Waals surface area (Å²) in [6.07, 6.45) is 0. The van der Waals surface area contributed by atoms with Crippen molar-refractivity contribution in [2.45, 2.75) is 16.8 Å². The van der Waals surface area contributed by atoms with Crippen LogP contribution in [0.5, 0.6) is 0 Å². The van der Waals surface area contributed by atoms with Crippen LogP contribution in [-0.4, -0.2) is 42.7 Å². The summed E-state index contributed by atoms with van der Waals surface area (Å²) in [4.78, 5) is 0. The van der Waals surface area contributed by atoms with Crippen molar-refractivity contribution in [3.05, 3.63) is 0 Å². The Kier molecular flexibility index (Phi) is 5.12. The molecule has 18 heavy (non-hydrogen) atoms. The number of rotatable bonds is 4. The third-order valence-electron chi connectivity index (χ3n) is 1.09. The first kappa shape index (κ1) is 17.9. The minimum atomic E-state index is -6.21. The van der Waals surface area contributed by atoms with Gasteiger partial charge >= 0.3 is 46.1 Å². The number of halogens is 6. The van der Waals surface area contributed by atoms with E-state index < -0.39 is 46.1 Å². The third-order valence-corrected chi connectivity index (χ3v) is 6.42. The van der Waals surface area contributed by atoms with Crippen LogP contribution in [0.1, 0.15) is 0 Å². The van der Waals surface area contributed by atoms with Crippen molar-refractivity contribution < 1.29 is 49.6 Å². The van der Waals surface area contributed by atoms with Gasteiger partial charge in [0.05, 0.1) is 0 Å². The summed E-state index contributed by atoms with van der Waals surface area (Å²) in [6.45, 7) is 0. The molecular weight excluding hydrogens is 337 g/mol. The maximum atomic E-state index is 11.7. The highest BCUT2D eigenvalue weighted by Crippen LogP contribution is 2.28. The second kappa shape index (κ2) is 5.13. The Morgan fingerprint density at radius 2 is 1.00 bits per heavy atom. The first-order valence-corrected chi connectivity index (χ1v) is 8.50. The molecule has 0 aromatic carbocycles. The minimum absolute atomic E-state index is 0.368. The molecular formula is C3H3AlF6O6S2. The van der Waals surface area contributed by atoms with Gasteiger partial charge in [0.2, 0.25) is 0 Å². The summed E-state index contributed by atoms with van der Waals surface area (Å²) in [5.41, 5.74) is -11.8. The largest absolute Gasteiger partial charge is 0.701 e. The molecule has 0 amide bonds. The molecule has 15 heteroatoms. The second-order valence-corrected chi connectivity index (χ2v) is 7.98. The molecule has 0 bridgehead atoms. The maximum Gasteiger partial charge on any atom is 0.701 e. The maximum absolute atomic E-state index is 11.7. The molecule has 0 aliphatic carbocycles. The van der Waals surface area contributed by atoms with Crippen molar-refractivity contribution >= 4 is 35.1 Å². The Labute approximate surface area is 102 Å². The topological polar surface area (TPSA) is 86.7 Å². The molecule has 0 spiro atoms. The Morgan fingerprint density at radius 1 is 0.778 bits per heavy atom. The zero-order valence-electron chi connectivity index (χ0n) is 8.11. The molecule has 0 fully saturated rings. The second-order valence-electron chi connectivity index (χ2n) is 2.56. The fourth-order valence-corrected chi connectivity index (χ4v) is 4.63. The van der Waals surface area contributed by atoms with Crippen LogP contribution in [0, 0.1) is 0 Å². The zero-order valence-corrected chi connectivity index (χ0v) is 10.9. The SMILES string of the molecule is [CH3][Al]([O]S(=O)(=O)C(F)(F)F)[O]S(=O)(=O)C(F)(F)F. The lowest BCUT2D eigenvalue weighted by Crippen LogP contribution is -2.37. The van der Waals surface area contributed by atoms with Gasteiger partial charge in [-0.2, -0.15) is 43.2 Å². The van der Waals surface area contributed by atoms with Crippen molar-refractivity contribution in [1.82, 2.24) is 0 Å². The fraction of sp³-hybridized carbons (Fsp3) is 1.00. The molecule has 6 nitrogen and oxygen atoms in total. The Bertz CT molecular complexity index is 442. The van der Waals surface area contributed by atoms with E-state index >= 15 is 0 Å². The first-order valence-electron chi connectivity index (χ1n) is 3.59. The lowest BCUT2D eigenvalue weighted by Gasteiger charge is -2.13. The van der Waals surface area contributed by atoms with Gasteiger partial charge in [0.15, 0.2) is 0 Å². The molecule has 0 aromatic heterocycles. The Morgan fingerprint density at radius 3 is 1.17 bits per heavy atom. The molecule has 0 radical (unpaired) electrons. The predicted octanol–water partition coefficient (Wildman–Crippen LogP) is 0.837. The number of hydrogen-bond acceptors (Lipinski definition) is 6. The van der Waals surface area contributed by atoms with Gasteiger partial charge < -0.3 is 6.47 Å². The van der Waals surface area contributed by atoms with E-state index in [0.29, 0.717) is 5.79 Å². The molecule has 0 atom stereocenters. The van der Waals surface area contributed by atoms with Gasteiger partial charge in [0, 0.05) is 0 Å². The number of alkyl halides is 6. The van der Waals surface area contributed by atoms with Crippen molar-refractivity contribution in [1.29, 1.82) is 0 Å². The summed E-state index contributed by atoms with van der Waals surface area (Å²) in [7, 11) is -12.4. The van der Waals surface area contributed by atoms with Crippen LogP contribution in [-0.2, 0) is 26.7 Å². The van der Waals surface area contributed by atoms with Gasteiger partial charge in [0.1, 0.15) is 0 Å². The average molecular weight is 340 g/mol. The van der Waals surface area contributed by atoms with Gasteiger partial charge in [-0.15, -0.1) is 0 Å². The summed E-state index contributed by atoms with van der Waals surface area (Å²) in [5.74, 6) is 0.368. The van der Waals surface area contributed by atoms with Crippen molar-refractivity contribution in [3.8, 4) is 0 Å². The van der Waals surface area contributed by atoms with E-state index in [1.54, 1.807) is 0 Å². The van der Waals surface area contributed by atoms with Gasteiger partial charge in [-0.3, -0.25) is 0 Å². The van der Waals surface area contributed by atoms with Crippen molar-refractivity contribution in [3.63, 3.8) is 0 Å². The summed E-state index contributed by atoms with van der Waals surface area (Å²) in [6, 6.07) is 0. The van der Waals surface area contributed by atoms with Gasteiger partial charge in [-0.25, -0.2) is 0 Å². The van der Waals surface area contributed by atoms with E-state index in [1.165, 1.54) is 0 Å². The monoisotopic (exact) mass is 340 g/mol. The van der Waals surface area contributed by atoms with Gasteiger partial charge in [0.25, 0.3) is 0 Å². The fourth-order valence-electron chi connectivity index (χ4n) is 0.482. The molecule has 0 saturated heterocycles. The van der Waals surface area contributed by atoms with Crippen LogP contribution >= 0.6 is 0 Å². The zero-order chi connectivity index (χ0) is 15.0. The Hall–Kier alpha value is -0.0675. The first-order chi connectivity index (χ1) is 7.60. The predicted molar refractivity (Wildman–Crippen MR) is 43.7 cm³/mol. The molecule has 0 aromatic rings. The quantitative estimate of drug-likeness (QED) is 0.428. The standard InChI is InChI=1S/2CHF3O3S.CH3.Al/c2*2-1(3,4)8(5,6)7;;/h2*(H,5,6,7);1H3;/q;;;+2/p-2. The third kappa shape index (κ3) is 4.55. The van der Waals surface area contributed by atoms with E-state index in [1.807, 2.05) is 0 Å². The normalized spacial score (nSPS) is 14.6. The Balaban J connectivity index is 4.92. The highest BCUT2D eigenvalue weighted by atomic mass is 32.2. The van der Waals surface area contributed by atoms with Crippen LogP contribution < -0.4 is 0 Å². The van der Waals surface area contributed by atoms with E-state index in [9.17, 15) is 43.2 Å². The molecule has 0 rings (SSSR count). The van der Waals surface area contributed by atoms with E-state index in [2.05, 4.69) is 6.47 Å². The minimum Gasteiger partial charge on any atom is -0.360 e. The summed E-state index contributed by atoms with van der Waals surface area (Å²) >= 11 is -4.27. The molecule has 0 N–H and O–H groups in total. The lowest BCUT2D eigenvalue weighted by molar-refractivity contribution is -0.0524. The molecule has 0 heterocycles. The summed E-state index contributed by atoms with van der Waals surface area (Å²) < 4.78 is 118. The van der Waals surface area contributed by atoms with Crippen molar-refractivity contribution in [2.24, 2.45) is 0 Å². The van der Waals surface area contributed by atoms with E-state index in [4.69, 9.17) is 0 Å². The van der Waals surface area contributed by atoms with Crippen LogP contribution in [0.2, 0.25) is 5.79 Å². The molecule has 108 valence electrons. The highest BCUT2D eigenvalue weighted by Gasteiger charge is 2.53. The van der Waals surface area contributed by atoms with Crippen LogP contribution in [0.3, 0.4) is 0 Å². The molecule has 0 aliphatic rings. The average Bonchev–Trinajstić information content (AvgIpc) is 1.95. The van der Waals surface area contributed by atoms with Crippen LogP contribution in [0.25, 0.3) is 0 Å². The van der Waals surface area contributed by atoms with Crippen LogP contribution in [0.4, 0.5) is 26.3 Å². The van der Waals surface area contributed by atoms with Gasteiger partial charge in [-0.05, 0) is 0 Å². The highest BCUT2D eigenvalue weighted by molar-refractivity contribution is 7.89. The van der Waals surface area contributed by atoms with E-state index in [0.717, 1.165) is 0 Å². The van der Waals surface area contributed by atoms with Crippen molar-refractivity contribution in [2.75, 3.05) is 0 Å². The summed E-state index contributed by atoms with van der Waals surface area (Å²) in [5, 5.41) is 0. The lowest BCUT2D eigenvalue weighted by atomic mass is 11.6.